The number of rotatable bonds is 7. The van der Waals surface area contributed by atoms with Gasteiger partial charge in [-0.25, -0.2) is 4.68 Å². The van der Waals surface area contributed by atoms with Crippen LogP contribution in [0.2, 0.25) is 0 Å². The average molecular weight is 339 g/mol. The minimum atomic E-state index is -0.150. The van der Waals surface area contributed by atoms with E-state index in [4.69, 9.17) is 4.52 Å². The summed E-state index contributed by atoms with van der Waals surface area (Å²) in [5.41, 5.74) is 2.14. The number of unbranched alkanes of at least 4 members (excludes halogenated alkanes) is 1. The molecule has 0 aliphatic carbocycles. The van der Waals surface area contributed by atoms with E-state index in [-0.39, 0.29) is 5.91 Å². The van der Waals surface area contributed by atoms with Crippen molar-refractivity contribution in [2.45, 2.75) is 33.1 Å². The smallest absolute Gasteiger partial charge is 0.271 e. The van der Waals surface area contributed by atoms with E-state index in [0.29, 0.717) is 30.4 Å². The van der Waals surface area contributed by atoms with E-state index < -0.39 is 0 Å². The zero-order valence-electron chi connectivity index (χ0n) is 14.4. The van der Waals surface area contributed by atoms with E-state index in [9.17, 15) is 4.79 Å². The first-order valence-corrected chi connectivity index (χ1v) is 8.48. The van der Waals surface area contributed by atoms with E-state index in [1.807, 2.05) is 31.2 Å². The van der Waals surface area contributed by atoms with Gasteiger partial charge in [-0.2, -0.15) is 10.1 Å². The summed E-state index contributed by atoms with van der Waals surface area (Å²) in [5, 5.41) is 11.2. The van der Waals surface area contributed by atoms with Gasteiger partial charge in [0.1, 0.15) is 0 Å². The van der Waals surface area contributed by atoms with Crippen LogP contribution in [-0.2, 0) is 6.42 Å². The number of hydrogen-bond donors (Lipinski definition) is 1. The minimum Gasteiger partial charge on any atom is -0.351 e. The van der Waals surface area contributed by atoms with Crippen molar-refractivity contribution >= 4 is 5.91 Å². The highest BCUT2D eigenvalue weighted by atomic mass is 16.5. The Bertz CT molecular complexity index is 835. The van der Waals surface area contributed by atoms with Crippen LogP contribution < -0.4 is 5.32 Å². The van der Waals surface area contributed by atoms with E-state index in [0.717, 1.165) is 24.1 Å². The first-order chi connectivity index (χ1) is 12.2. The van der Waals surface area contributed by atoms with E-state index in [1.165, 1.54) is 0 Å². The van der Waals surface area contributed by atoms with Crippen LogP contribution in [0.5, 0.6) is 0 Å². The van der Waals surface area contributed by atoms with Crippen LogP contribution in [0.1, 0.15) is 43.1 Å². The van der Waals surface area contributed by atoms with Crippen LogP contribution >= 0.6 is 0 Å². The summed E-state index contributed by atoms with van der Waals surface area (Å²) in [6.45, 7) is 4.72. The number of carbonyl (C=O) groups is 1. The Kier molecular flexibility index (Phi) is 5.23. The van der Waals surface area contributed by atoms with E-state index >= 15 is 0 Å². The third kappa shape index (κ3) is 3.93. The Morgan fingerprint density at radius 1 is 1.20 bits per heavy atom. The lowest BCUT2D eigenvalue weighted by Gasteiger charge is -2.03. The van der Waals surface area contributed by atoms with Gasteiger partial charge in [0, 0.05) is 24.7 Å². The SMILES string of the molecule is CCCCNC(=O)c1ccn(-c2ccc(-c3noc(CC)n3)cc2)n1. The van der Waals surface area contributed by atoms with Gasteiger partial charge in [0.05, 0.1) is 5.69 Å². The summed E-state index contributed by atoms with van der Waals surface area (Å²) in [6.07, 6.45) is 4.49. The number of aryl methyl sites for hydroxylation is 1. The molecule has 0 atom stereocenters. The third-order valence-corrected chi connectivity index (χ3v) is 3.80. The number of benzene rings is 1. The molecule has 3 aromatic rings. The molecular weight excluding hydrogens is 318 g/mol. The zero-order valence-corrected chi connectivity index (χ0v) is 14.4. The normalized spacial score (nSPS) is 10.8. The van der Waals surface area contributed by atoms with E-state index in [1.54, 1.807) is 16.9 Å². The van der Waals surface area contributed by atoms with Crippen LogP contribution in [0.4, 0.5) is 0 Å². The fourth-order valence-corrected chi connectivity index (χ4v) is 2.34. The van der Waals surface area contributed by atoms with Gasteiger partial charge in [-0.3, -0.25) is 4.79 Å². The summed E-state index contributed by atoms with van der Waals surface area (Å²) in [4.78, 5) is 16.3. The molecule has 7 nitrogen and oxygen atoms in total. The van der Waals surface area contributed by atoms with Gasteiger partial charge in [0.15, 0.2) is 5.69 Å². The topological polar surface area (TPSA) is 85.8 Å². The third-order valence-electron chi connectivity index (χ3n) is 3.80. The van der Waals surface area contributed by atoms with Crippen molar-refractivity contribution in [3.8, 4) is 17.1 Å². The van der Waals surface area contributed by atoms with Crippen molar-refractivity contribution in [3.63, 3.8) is 0 Å². The lowest BCUT2D eigenvalue weighted by molar-refractivity contribution is 0.0947. The van der Waals surface area contributed by atoms with Crippen molar-refractivity contribution in [1.82, 2.24) is 25.2 Å². The number of hydrogen-bond acceptors (Lipinski definition) is 5. The van der Waals surface area contributed by atoms with E-state index in [2.05, 4.69) is 27.5 Å². The molecule has 0 unspecified atom stereocenters. The van der Waals surface area contributed by atoms with Crippen LogP contribution in [0, 0.1) is 0 Å². The Balaban J connectivity index is 1.71. The maximum absolute atomic E-state index is 12.0. The highest BCUT2D eigenvalue weighted by Gasteiger charge is 2.11. The fraction of sp³-hybridized carbons (Fsp3) is 0.333. The van der Waals surface area contributed by atoms with Crippen molar-refractivity contribution in [1.29, 1.82) is 0 Å². The van der Waals surface area contributed by atoms with Gasteiger partial charge in [0.2, 0.25) is 11.7 Å². The molecule has 1 N–H and O–H groups in total. The second-order valence-electron chi connectivity index (χ2n) is 5.67. The highest BCUT2D eigenvalue weighted by molar-refractivity contribution is 5.92. The molecule has 3 rings (SSSR count). The molecule has 0 bridgehead atoms. The van der Waals surface area contributed by atoms with Crippen molar-refractivity contribution in [2.75, 3.05) is 6.54 Å². The van der Waals surface area contributed by atoms with Crippen LogP contribution in [0.3, 0.4) is 0 Å². The highest BCUT2D eigenvalue weighted by Crippen LogP contribution is 2.18. The lowest BCUT2D eigenvalue weighted by Crippen LogP contribution is -2.24. The molecule has 0 saturated heterocycles. The summed E-state index contributed by atoms with van der Waals surface area (Å²) < 4.78 is 6.80. The van der Waals surface area contributed by atoms with Gasteiger partial charge in [0.25, 0.3) is 5.91 Å². The molecule has 1 aromatic carbocycles. The molecule has 0 aliphatic rings. The molecule has 0 fully saturated rings. The number of aromatic nitrogens is 4. The second-order valence-corrected chi connectivity index (χ2v) is 5.67. The summed E-state index contributed by atoms with van der Waals surface area (Å²) in [5.74, 6) is 1.03. The fourth-order valence-electron chi connectivity index (χ4n) is 2.34. The first kappa shape index (κ1) is 16.9. The monoisotopic (exact) mass is 339 g/mol. The van der Waals surface area contributed by atoms with Crippen molar-refractivity contribution < 1.29 is 9.32 Å². The number of amides is 1. The molecule has 0 radical (unpaired) electrons. The summed E-state index contributed by atoms with van der Waals surface area (Å²) >= 11 is 0. The van der Waals surface area contributed by atoms with Gasteiger partial charge in [-0.1, -0.05) is 25.4 Å². The number of nitrogens with zero attached hydrogens (tertiary/aromatic N) is 4. The van der Waals surface area contributed by atoms with Gasteiger partial charge in [-0.15, -0.1) is 0 Å². The van der Waals surface area contributed by atoms with Gasteiger partial charge >= 0.3 is 0 Å². The second kappa shape index (κ2) is 7.74. The Morgan fingerprint density at radius 2 is 2.00 bits per heavy atom. The minimum absolute atomic E-state index is 0.150. The van der Waals surface area contributed by atoms with Crippen LogP contribution in [-0.4, -0.2) is 32.4 Å². The zero-order chi connectivity index (χ0) is 17.6. The molecule has 2 heterocycles. The van der Waals surface area contributed by atoms with Crippen molar-refractivity contribution in [2.24, 2.45) is 0 Å². The lowest BCUT2D eigenvalue weighted by atomic mass is 10.2. The number of carbonyl (C=O) groups excluding carboxylic acids is 1. The predicted octanol–water partition coefficient (Wildman–Crippen LogP) is 3.01. The molecule has 2 aromatic heterocycles. The Morgan fingerprint density at radius 3 is 2.68 bits per heavy atom. The van der Waals surface area contributed by atoms with Crippen LogP contribution in [0.15, 0.2) is 41.1 Å². The Hall–Kier alpha value is -2.96. The Labute approximate surface area is 146 Å². The van der Waals surface area contributed by atoms with Crippen molar-refractivity contribution in [3.05, 3.63) is 48.1 Å². The molecule has 7 heteroatoms. The molecular formula is C18H21N5O2. The molecule has 25 heavy (non-hydrogen) atoms. The van der Waals surface area contributed by atoms with Crippen LogP contribution in [0.25, 0.3) is 17.1 Å². The standard InChI is InChI=1S/C18H21N5O2/c1-3-5-11-19-18(24)15-10-12-23(21-15)14-8-6-13(7-9-14)17-20-16(4-2)25-22-17/h6-10,12H,3-5,11H2,1-2H3,(H,19,24). The maximum atomic E-state index is 12.0. The van der Waals surface area contributed by atoms with Gasteiger partial charge in [-0.05, 0) is 36.8 Å². The maximum Gasteiger partial charge on any atom is 0.271 e. The molecule has 1 amide bonds. The average Bonchev–Trinajstić information content (AvgIpc) is 3.31. The predicted molar refractivity (Wildman–Crippen MR) is 93.5 cm³/mol. The summed E-state index contributed by atoms with van der Waals surface area (Å²) in [6, 6.07) is 9.33. The molecule has 0 saturated carbocycles. The molecule has 130 valence electrons. The van der Waals surface area contributed by atoms with Gasteiger partial charge < -0.3 is 9.84 Å². The summed E-state index contributed by atoms with van der Waals surface area (Å²) in [7, 11) is 0. The molecule has 0 aliphatic heterocycles. The molecule has 0 spiro atoms. The number of nitrogens with one attached hydrogen (secondary N) is 1. The first-order valence-electron chi connectivity index (χ1n) is 8.48. The largest absolute Gasteiger partial charge is 0.351 e. The quantitative estimate of drug-likeness (QED) is 0.669.